The number of rotatable bonds is 5. The first-order chi connectivity index (χ1) is 12.9. The summed E-state index contributed by atoms with van der Waals surface area (Å²) in [6, 6.07) is 7.82. The van der Waals surface area contributed by atoms with Crippen LogP contribution in [0.2, 0.25) is 0 Å². The number of aromatic amines is 1. The number of benzene rings is 1. The Morgan fingerprint density at radius 3 is 2.59 bits per heavy atom. The topological polar surface area (TPSA) is 44.8 Å². The van der Waals surface area contributed by atoms with Crippen molar-refractivity contribution >= 4 is 28.6 Å². The van der Waals surface area contributed by atoms with Crippen molar-refractivity contribution in [2.45, 2.75) is 30.0 Å². The molecule has 1 aliphatic carbocycles. The highest BCUT2D eigenvalue weighted by molar-refractivity contribution is 7.99. The Hall–Kier alpha value is -2.22. The van der Waals surface area contributed by atoms with Crippen LogP contribution in [0.1, 0.15) is 18.4 Å². The third-order valence-corrected chi connectivity index (χ3v) is 6.34. The molecule has 27 heavy (non-hydrogen) atoms. The molecule has 0 spiro atoms. The number of hydrogen-bond acceptors (Lipinski definition) is 4. The molecule has 4 nitrogen and oxygen atoms in total. The number of alkyl halides is 3. The van der Waals surface area contributed by atoms with Crippen LogP contribution >= 0.6 is 11.8 Å². The number of thioether (sulfide) groups is 1. The Kier molecular flexibility index (Phi) is 4.75. The van der Waals surface area contributed by atoms with Crippen molar-refractivity contribution in [3.05, 3.63) is 48.4 Å². The molecular formula is C19H19F3N4S. The standard InChI is InChI=1S/C19H19F3N4S/c1-26(18-16-6-7-23-17(16)24-11-25-18)14-8-12(9-14)10-27-15-4-2-13(3-5-15)19(20,21)22/h2-7,11-12,14H,8-10H2,1H3,(H,23,24,25). The van der Waals surface area contributed by atoms with Gasteiger partial charge >= 0.3 is 6.18 Å². The molecule has 0 unspecified atom stereocenters. The van der Waals surface area contributed by atoms with Gasteiger partial charge in [-0.05, 0) is 49.1 Å². The fraction of sp³-hybridized carbons (Fsp3) is 0.368. The van der Waals surface area contributed by atoms with Crippen molar-refractivity contribution in [3.63, 3.8) is 0 Å². The lowest BCUT2D eigenvalue weighted by molar-refractivity contribution is -0.137. The van der Waals surface area contributed by atoms with Gasteiger partial charge in [-0.3, -0.25) is 0 Å². The number of halogens is 3. The summed E-state index contributed by atoms with van der Waals surface area (Å²) in [6.45, 7) is 0. The molecule has 0 aliphatic heterocycles. The summed E-state index contributed by atoms with van der Waals surface area (Å²) in [5.74, 6) is 2.41. The van der Waals surface area contributed by atoms with E-state index in [-0.39, 0.29) is 0 Å². The van der Waals surface area contributed by atoms with Gasteiger partial charge in [-0.15, -0.1) is 11.8 Å². The molecule has 4 rings (SSSR count). The number of hydrogen-bond donors (Lipinski definition) is 1. The zero-order valence-electron chi connectivity index (χ0n) is 14.7. The molecule has 2 aromatic heterocycles. The fourth-order valence-corrected chi connectivity index (χ4v) is 4.45. The number of fused-ring (bicyclic) bond motifs is 1. The Balaban J connectivity index is 1.30. The van der Waals surface area contributed by atoms with E-state index >= 15 is 0 Å². The molecule has 1 aliphatic rings. The van der Waals surface area contributed by atoms with Crippen molar-refractivity contribution in [1.82, 2.24) is 15.0 Å². The van der Waals surface area contributed by atoms with Gasteiger partial charge in [0.1, 0.15) is 17.8 Å². The van der Waals surface area contributed by atoms with Gasteiger partial charge in [0.15, 0.2) is 0 Å². The quantitative estimate of drug-likeness (QED) is 0.622. The van der Waals surface area contributed by atoms with Crippen molar-refractivity contribution in [1.29, 1.82) is 0 Å². The molecule has 1 saturated carbocycles. The molecule has 0 atom stereocenters. The first-order valence-corrected chi connectivity index (χ1v) is 9.71. The van der Waals surface area contributed by atoms with E-state index in [0.29, 0.717) is 12.0 Å². The number of nitrogens with zero attached hydrogens (tertiary/aromatic N) is 3. The molecule has 142 valence electrons. The van der Waals surface area contributed by atoms with Crippen LogP contribution in [0.5, 0.6) is 0 Å². The molecule has 0 amide bonds. The van der Waals surface area contributed by atoms with Crippen LogP contribution in [0.3, 0.4) is 0 Å². The first-order valence-electron chi connectivity index (χ1n) is 8.73. The van der Waals surface area contributed by atoms with Crippen LogP contribution in [0.25, 0.3) is 11.0 Å². The van der Waals surface area contributed by atoms with Crippen LogP contribution in [-0.2, 0) is 6.18 Å². The monoisotopic (exact) mass is 392 g/mol. The highest BCUT2D eigenvalue weighted by atomic mass is 32.2. The second-order valence-corrected chi connectivity index (χ2v) is 7.97. The third-order valence-electron chi connectivity index (χ3n) is 5.09. The van der Waals surface area contributed by atoms with Crippen LogP contribution in [-0.4, -0.2) is 33.8 Å². The SMILES string of the molecule is CN(c1ncnc2[nH]ccc12)C1CC(CSc2ccc(C(F)(F)F)cc2)C1. The Morgan fingerprint density at radius 1 is 1.15 bits per heavy atom. The highest BCUT2D eigenvalue weighted by Crippen LogP contribution is 2.38. The van der Waals surface area contributed by atoms with E-state index < -0.39 is 11.7 Å². The zero-order chi connectivity index (χ0) is 19.0. The van der Waals surface area contributed by atoms with Gasteiger partial charge in [-0.25, -0.2) is 9.97 Å². The number of anilines is 1. The predicted octanol–water partition coefficient (Wildman–Crippen LogP) is 4.98. The van der Waals surface area contributed by atoms with Crippen LogP contribution in [0, 0.1) is 5.92 Å². The summed E-state index contributed by atoms with van der Waals surface area (Å²) in [4.78, 5) is 14.8. The normalized spacial score (nSPS) is 19.9. The van der Waals surface area contributed by atoms with Gasteiger partial charge in [-0.1, -0.05) is 0 Å². The lowest BCUT2D eigenvalue weighted by Crippen LogP contribution is -2.43. The summed E-state index contributed by atoms with van der Waals surface area (Å²) in [7, 11) is 2.05. The van der Waals surface area contributed by atoms with Gasteiger partial charge in [0.2, 0.25) is 0 Å². The summed E-state index contributed by atoms with van der Waals surface area (Å²) < 4.78 is 37.8. The largest absolute Gasteiger partial charge is 0.416 e. The zero-order valence-corrected chi connectivity index (χ0v) is 15.5. The van der Waals surface area contributed by atoms with Crippen molar-refractivity contribution < 1.29 is 13.2 Å². The molecule has 2 heterocycles. The molecule has 0 bridgehead atoms. The number of aromatic nitrogens is 3. The van der Waals surface area contributed by atoms with Crippen LogP contribution in [0.4, 0.5) is 19.0 Å². The summed E-state index contributed by atoms with van der Waals surface area (Å²) >= 11 is 1.62. The van der Waals surface area contributed by atoms with Gasteiger partial charge in [0.25, 0.3) is 0 Å². The smallest absolute Gasteiger partial charge is 0.356 e. The molecule has 8 heteroatoms. The maximum Gasteiger partial charge on any atom is 0.416 e. The molecule has 0 radical (unpaired) electrons. The van der Waals surface area contributed by atoms with Crippen molar-refractivity contribution in [3.8, 4) is 0 Å². The average Bonchev–Trinajstić information content (AvgIpc) is 3.08. The highest BCUT2D eigenvalue weighted by Gasteiger charge is 2.33. The lowest BCUT2D eigenvalue weighted by Gasteiger charge is -2.41. The summed E-state index contributed by atoms with van der Waals surface area (Å²) in [5.41, 5.74) is 0.235. The Bertz CT molecular complexity index is 917. The fourth-order valence-electron chi connectivity index (χ4n) is 3.42. The second kappa shape index (κ2) is 7.07. The minimum absolute atomic E-state index is 0.427. The van der Waals surface area contributed by atoms with E-state index in [9.17, 15) is 13.2 Å². The molecular weight excluding hydrogens is 373 g/mol. The molecule has 1 N–H and O–H groups in total. The van der Waals surface area contributed by atoms with Gasteiger partial charge in [0.05, 0.1) is 10.9 Å². The maximum absolute atomic E-state index is 12.6. The van der Waals surface area contributed by atoms with Crippen LogP contribution < -0.4 is 4.90 Å². The van der Waals surface area contributed by atoms with Gasteiger partial charge in [0, 0.05) is 29.9 Å². The maximum atomic E-state index is 12.6. The molecule has 3 aromatic rings. The van der Waals surface area contributed by atoms with E-state index in [1.165, 1.54) is 0 Å². The Morgan fingerprint density at radius 2 is 1.89 bits per heavy atom. The van der Waals surface area contributed by atoms with Crippen molar-refractivity contribution in [2.24, 2.45) is 5.92 Å². The minimum atomic E-state index is -4.28. The predicted molar refractivity (Wildman–Crippen MR) is 101 cm³/mol. The number of H-pyrrole nitrogens is 1. The molecule has 1 fully saturated rings. The third kappa shape index (κ3) is 3.76. The van der Waals surface area contributed by atoms with Gasteiger partial charge < -0.3 is 9.88 Å². The van der Waals surface area contributed by atoms with Gasteiger partial charge in [-0.2, -0.15) is 13.2 Å². The number of nitrogens with one attached hydrogen (secondary N) is 1. The second-order valence-electron chi connectivity index (χ2n) is 6.87. The van der Waals surface area contributed by atoms with E-state index in [2.05, 4.69) is 26.9 Å². The summed E-state index contributed by atoms with van der Waals surface area (Å²) in [6.07, 6.45) is 1.27. The average molecular weight is 392 g/mol. The van der Waals surface area contributed by atoms with E-state index in [4.69, 9.17) is 0 Å². The van der Waals surface area contributed by atoms with E-state index in [1.54, 1.807) is 30.2 Å². The lowest BCUT2D eigenvalue weighted by atomic mass is 9.81. The molecule has 0 saturated heterocycles. The van der Waals surface area contributed by atoms with E-state index in [0.717, 1.165) is 52.5 Å². The minimum Gasteiger partial charge on any atom is -0.356 e. The Labute approximate surface area is 159 Å². The first kappa shape index (κ1) is 18.2. The molecule has 1 aromatic carbocycles. The van der Waals surface area contributed by atoms with Crippen LogP contribution in [0.15, 0.2) is 47.8 Å². The van der Waals surface area contributed by atoms with Crippen molar-refractivity contribution in [2.75, 3.05) is 17.7 Å². The van der Waals surface area contributed by atoms with E-state index in [1.807, 2.05) is 12.3 Å². The summed E-state index contributed by atoms with van der Waals surface area (Å²) in [5, 5.41) is 1.02.